The van der Waals surface area contributed by atoms with E-state index < -0.39 is 10.4 Å². The lowest BCUT2D eigenvalue weighted by Crippen LogP contribution is -2.24. The molecule has 4 N–H and O–H groups in total. The summed E-state index contributed by atoms with van der Waals surface area (Å²) < 4.78 is 34.1. The molecule has 0 spiro atoms. The minimum Gasteiger partial charge on any atom is -0.759 e. The van der Waals surface area contributed by atoms with Gasteiger partial charge in [0.25, 0.3) is 0 Å². The molecule has 0 aromatic rings. The quantitative estimate of drug-likeness (QED) is 0.222. The molecule has 0 aromatic carbocycles. The highest BCUT2D eigenvalue weighted by Crippen LogP contribution is 1.57. The first-order chi connectivity index (χ1) is 4.83. The van der Waals surface area contributed by atoms with Crippen LogP contribution < -0.4 is 10.8 Å². The van der Waals surface area contributed by atoms with E-state index in [0.29, 0.717) is 0 Å². The molecule has 0 saturated carbocycles. The van der Waals surface area contributed by atoms with Crippen molar-refractivity contribution in [2.45, 2.75) is 0 Å². The zero-order valence-corrected chi connectivity index (χ0v) is 6.43. The summed E-state index contributed by atoms with van der Waals surface area (Å²) in [6, 6.07) is 0. The maximum atomic E-state index is 8.52. The van der Waals surface area contributed by atoms with Crippen molar-refractivity contribution in [3.8, 4) is 0 Å². The Bertz CT molecular complexity index is 211. The smallest absolute Gasteiger partial charge is 0.155 e. The third kappa shape index (κ3) is 266. The molecule has 0 saturated heterocycles. The summed E-state index contributed by atoms with van der Waals surface area (Å²) in [5.74, 6) is 4.00. The lowest BCUT2D eigenvalue weighted by Gasteiger charge is -2.06. The van der Waals surface area contributed by atoms with E-state index in [-0.39, 0.29) is 0 Å². The first-order valence-corrected chi connectivity index (χ1v) is 3.28. The van der Waals surface area contributed by atoms with Crippen LogP contribution in [0.1, 0.15) is 0 Å². The fraction of sp³-hybridized carbons (Fsp3) is 0. The zero-order chi connectivity index (χ0) is 9.91. The van der Waals surface area contributed by atoms with Crippen molar-refractivity contribution in [3.05, 3.63) is 13.2 Å². The third-order valence-corrected chi connectivity index (χ3v) is 0. The second kappa shape index (κ2) is 11.6. The van der Waals surface area contributed by atoms with Gasteiger partial charge in [0, 0.05) is 23.6 Å². The summed E-state index contributed by atoms with van der Waals surface area (Å²) in [5.41, 5.74) is 0. The second-order valence-corrected chi connectivity index (χ2v) is 1.63. The SMILES string of the molecule is C=C=[NH2+].C=C=[NH2+].O=S(=O)([O-])[O-]. The topological polar surface area (TPSA) is 131 Å². The van der Waals surface area contributed by atoms with Gasteiger partial charge in [-0.1, -0.05) is 0 Å². The van der Waals surface area contributed by atoms with Crippen LogP contribution in [-0.2, 0) is 10.4 Å². The zero-order valence-electron chi connectivity index (χ0n) is 5.61. The maximum Gasteiger partial charge on any atom is 0.155 e. The Morgan fingerprint density at radius 2 is 1.09 bits per heavy atom. The summed E-state index contributed by atoms with van der Waals surface area (Å²) in [6.45, 7) is 6.03. The van der Waals surface area contributed by atoms with Crippen molar-refractivity contribution in [2.75, 3.05) is 0 Å². The van der Waals surface area contributed by atoms with Crippen LogP contribution in [0.15, 0.2) is 13.2 Å². The van der Waals surface area contributed by atoms with E-state index in [0.717, 1.165) is 0 Å². The van der Waals surface area contributed by atoms with E-state index in [1.54, 1.807) is 0 Å². The van der Waals surface area contributed by atoms with Gasteiger partial charge in [0.15, 0.2) is 11.7 Å². The van der Waals surface area contributed by atoms with E-state index in [2.05, 4.69) is 24.0 Å². The molecule has 0 radical (unpaired) electrons. The van der Waals surface area contributed by atoms with E-state index >= 15 is 0 Å². The molecule has 0 rings (SSSR count). The number of hydrogen-bond donors (Lipinski definition) is 2. The Hall–Kier alpha value is -1.23. The highest BCUT2D eigenvalue weighted by Gasteiger charge is 1.49. The Balaban J connectivity index is -0.0000000933. The van der Waals surface area contributed by atoms with Gasteiger partial charge in [-0.2, -0.15) is 0 Å². The summed E-state index contributed by atoms with van der Waals surface area (Å²) in [6.07, 6.45) is 0. The summed E-state index contributed by atoms with van der Waals surface area (Å²) in [7, 11) is -5.17. The summed E-state index contributed by atoms with van der Waals surface area (Å²) in [5, 5.41) is 8.97. The van der Waals surface area contributed by atoms with Crippen LogP contribution in [0.5, 0.6) is 0 Å². The summed E-state index contributed by atoms with van der Waals surface area (Å²) in [4.78, 5) is 0. The van der Waals surface area contributed by atoms with Gasteiger partial charge in [0.05, 0.1) is 0 Å². The fourth-order valence-corrected chi connectivity index (χ4v) is 0. The Labute approximate surface area is 64.5 Å². The van der Waals surface area contributed by atoms with Crippen LogP contribution in [0.25, 0.3) is 0 Å². The molecule has 0 bridgehead atoms. The Morgan fingerprint density at radius 3 is 1.09 bits per heavy atom. The Morgan fingerprint density at radius 1 is 1.09 bits per heavy atom. The van der Waals surface area contributed by atoms with Gasteiger partial charge < -0.3 is 9.11 Å². The first-order valence-electron chi connectivity index (χ1n) is 1.95. The van der Waals surface area contributed by atoms with Crippen molar-refractivity contribution in [2.24, 2.45) is 0 Å². The Kier molecular flexibility index (Phi) is 17.2. The van der Waals surface area contributed by atoms with Gasteiger partial charge in [-0.15, -0.1) is 0 Å². The van der Waals surface area contributed by atoms with Gasteiger partial charge in [-0.25, -0.2) is 10.8 Å². The molecule has 6 nitrogen and oxygen atoms in total. The molecule has 0 atom stereocenters. The van der Waals surface area contributed by atoms with Gasteiger partial charge in [-0.05, 0) is 0 Å². The summed E-state index contributed by atoms with van der Waals surface area (Å²) >= 11 is 0. The van der Waals surface area contributed by atoms with Crippen molar-refractivity contribution in [3.63, 3.8) is 0 Å². The van der Waals surface area contributed by atoms with Gasteiger partial charge >= 0.3 is 0 Å². The molecule has 11 heavy (non-hydrogen) atoms. The van der Waals surface area contributed by atoms with Crippen LogP contribution in [0.3, 0.4) is 0 Å². The van der Waals surface area contributed by atoms with Crippen molar-refractivity contribution in [1.82, 2.24) is 0 Å². The van der Waals surface area contributed by atoms with Crippen LogP contribution in [0, 0.1) is 0 Å². The largest absolute Gasteiger partial charge is 0.759 e. The standard InChI is InChI=1S/2C2H3N.H2O4S/c2*1-2-3;1-5(2,3)4/h2*3H,1H2;(H2,1,2,3,4). The lowest BCUT2D eigenvalue weighted by atomic mass is 11.2. The number of hydrogen-bond acceptors (Lipinski definition) is 4. The van der Waals surface area contributed by atoms with Crippen LogP contribution in [-0.4, -0.2) is 29.3 Å². The predicted molar refractivity (Wildman–Crippen MR) is 35.6 cm³/mol. The number of nitrogens with two attached hydrogens (primary N) is 2. The predicted octanol–water partition coefficient (Wildman–Crippen LogP) is -4.14. The second-order valence-electron chi connectivity index (χ2n) is 0.816. The third-order valence-electron chi connectivity index (χ3n) is 0. The number of rotatable bonds is 0. The van der Waals surface area contributed by atoms with Crippen molar-refractivity contribution >= 4 is 22.1 Å². The molecule has 0 fully saturated rings. The van der Waals surface area contributed by atoms with E-state index in [1.807, 2.05) is 11.7 Å². The van der Waals surface area contributed by atoms with Crippen molar-refractivity contribution < 1.29 is 28.3 Å². The van der Waals surface area contributed by atoms with E-state index in [9.17, 15) is 0 Å². The molecule has 0 amide bonds. The normalized spacial score (nSPS) is 6.73. The minimum absolute atomic E-state index is 2.00. The van der Waals surface area contributed by atoms with Crippen LogP contribution >= 0.6 is 0 Å². The first kappa shape index (κ1) is 16.4. The highest BCUT2D eigenvalue weighted by molar-refractivity contribution is 7.79. The lowest BCUT2D eigenvalue weighted by molar-refractivity contribution is -0.101. The molecular formula is C4H8N2O4S. The van der Waals surface area contributed by atoms with Gasteiger partial charge in [0.1, 0.15) is 0 Å². The molecule has 0 aliphatic heterocycles. The van der Waals surface area contributed by atoms with E-state index in [1.165, 1.54) is 0 Å². The van der Waals surface area contributed by atoms with Crippen LogP contribution in [0.4, 0.5) is 0 Å². The highest BCUT2D eigenvalue weighted by atomic mass is 32.3. The monoisotopic (exact) mass is 180 g/mol. The molecule has 64 valence electrons. The molecule has 0 aromatic heterocycles. The average molecular weight is 180 g/mol. The van der Waals surface area contributed by atoms with Gasteiger partial charge in [0.2, 0.25) is 0 Å². The van der Waals surface area contributed by atoms with Crippen molar-refractivity contribution in [1.29, 1.82) is 0 Å². The van der Waals surface area contributed by atoms with E-state index in [4.69, 9.17) is 17.5 Å². The molecule has 7 heteroatoms. The molecule has 0 unspecified atom stereocenters. The molecule has 0 heterocycles. The molecule has 0 aliphatic carbocycles. The molecule has 0 aliphatic rings. The average Bonchev–Trinajstić information content (AvgIpc) is 1.62. The minimum atomic E-state index is -5.17. The maximum absolute atomic E-state index is 8.52. The fourth-order valence-electron chi connectivity index (χ4n) is 0. The van der Waals surface area contributed by atoms with Gasteiger partial charge in [-0.3, -0.25) is 8.42 Å². The van der Waals surface area contributed by atoms with Crippen LogP contribution in [0.2, 0.25) is 0 Å². The molecular weight excluding hydrogens is 172 g/mol.